The first-order valence-electron chi connectivity index (χ1n) is 11.3. The van der Waals surface area contributed by atoms with Crippen LogP contribution in [0.25, 0.3) is 5.76 Å². The van der Waals surface area contributed by atoms with Crippen LogP contribution in [0.4, 0.5) is 4.39 Å². The molecule has 2 heterocycles. The van der Waals surface area contributed by atoms with E-state index in [1.807, 2.05) is 39.1 Å². The first kappa shape index (κ1) is 24.7. The molecule has 1 aliphatic heterocycles. The van der Waals surface area contributed by atoms with Crippen LogP contribution in [-0.4, -0.2) is 28.8 Å². The standard InChI is InChI=1S/C28H28FNO4S/c1-16-12-13-35-26(16)23-22(24(31)18-8-11-21(34-5)20(14-18)28(2,3)4)25(32)27(33)30(23)15-17-6-9-19(29)10-7-17/h6-14,23,31H,15H2,1-5H3/b24-22-. The molecule has 0 aliphatic carbocycles. The fraction of sp³-hybridized carbons (Fsp3) is 0.286. The van der Waals surface area contributed by atoms with Gasteiger partial charge in [0.25, 0.3) is 11.7 Å². The Morgan fingerprint density at radius 3 is 2.37 bits per heavy atom. The van der Waals surface area contributed by atoms with E-state index in [9.17, 15) is 19.1 Å². The number of methoxy groups -OCH3 is 1. The summed E-state index contributed by atoms with van der Waals surface area (Å²) in [5, 5.41) is 13.3. The summed E-state index contributed by atoms with van der Waals surface area (Å²) >= 11 is 1.43. The smallest absolute Gasteiger partial charge is 0.295 e. The van der Waals surface area contributed by atoms with Gasteiger partial charge < -0.3 is 14.7 Å². The molecule has 0 radical (unpaired) electrons. The third-order valence-electron chi connectivity index (χ3n) is 6.24. The van der Waals surface area contributed by atoms with E-state index in [0.717, 1.165) is 16.0 Å². The van der Waals surface area contributed by atoms with Gasteiger partial charge in [0.1, 0.15) is 23.4 Å². The average Bonchev–Trinajstić information content (AvgIpc) is 3.34. The monoisotopic (exact) mass is 493 g/mol. The summed E-state index contributed by atoms with van der Waals surface area (Å²) in [7, 11) is 1.59. The zero-order chi connectivity index (χ0) is 25.5. The number of ketones is 1. The number of thiophene rings is 1. The van der Waals surface area contributed by atoms with Gasteiger partial charge in [-0.2, -0.15) is 0 Å². The van der Waals surface area contributed by atoms with Crippen molar-refractivity contribution >= 4 is 28.8 Å². The summed E-state index contributed by atoms with van der Waals surface area (Å²) in [6.07, 6.45) is 0. The van der Waals surface area contributed by atoms with Crippen LogP contribution in [0.15, 0.2) is 59.5 Å². The fourth-order valence-electron chi connectivity index (χ4n) is 4.36. The van der Waals surface area contributed by atoms with Crippen LogP contribution in [0.1, 0.15) is 53.9 Å². The molecule has 4 rings (SSSR count). The predicted octanol–water partition coefficient (Wildman–Crippen LogP) is 6.12. The lowest BCUT2D eigenvalue weighted by atomic mass is 9.84. The molecule has 0 bridgehead atoms. The maximum atomic E-state index is 13.4. The van der Waals surface area contributed by atoms with Crippen molar-refractivity contribution in [3.05, 3.63) is 92.4 Å². The minimum Gasteiger partial charge on any atom is -0.507 e. The third-order valence-corrected chi connectivity index (χ3v) is 7.31. The van der Waals surface area contributed by atoms with Crippen molar-refractivity contribution in [1.29, 1.82) is 0 Å². The van der Waals surface area contributed by atoms with E-state index in [2.05, 4.69) is 0 Å². The summed E-state index contributed by atoms with van der Waals surface area (Å²) in [5.41, 5.74) is 2.69. The molecule has 1 aliphatic rings. The topological polar surface area (TPSA) is 66.8 Å². The molecular weight excluding hydrogens is 465 g/mol. The maximum absolute atomic E-state index is 13.4. The molecule has 1 N–H and O–H groups in total. The van der Waals surface area contributed by atoms with Gasteiger partial charge in [0, 0.05) is 22.5 Å². The fourth-order valence-corrected chi connectivity index (χ4v) is 5.41. The molecule has 1 fully saturated rings. The number of aliphatic hydroxyl groups is 1. The van der Waals surface area contributed by atoms with Crippen molar-refractivity contribution in [3.8, 4) is 5.75 Å². The van der Waals surface area contributed by atoms with Gasteiger partial charge in [0.15, 0.2) is 0 Å². The molecular formula is C28H28FNO4S. The maximum Gasteiger partial charge on any atom is 0.295 e. The van der Waals surface area contributed by atoms with Gasteiger partial charge in [-0.05, 0) is 65.2 Å². The summed E-state index contributed by atoms with van der Waals surface area (Å²) in [6, 6.07) is 12.2. The molecule has 7 heteroatoms. The number of ether oxygens (including phenoxy) is 1. The number of rotatable bonds is 5. The van der Waals surface area contributed by atoms with Crippen molar-refractivity contribution in [2.45, 2.75) is 45.7 Å². The molecule has 5 nitrogen and oxygen atoms in total. The Bertz CT molecular complexity index is 1320. The number of Topliss-reactive ketones (excluding diaryl/α,β-unsaturated/α-hetero) is 1. The lowest BCUT2D eigenvalue weighted by Gasteiger charge is -2.25. The molecule has 0 saturated carbocycles. The molecule has 1 unspecified atom stereocenters. The number of halogens is 1. The molecule has 35 heavy (non-hydrogen) atoms. The normalized spacial score (nSPS) is 17.8. The van der Waals surface area contributed by atoms with Crippen LogP contribution in [-0.2, 0) is 21.5 Å². The van der Waals surface area contributed by atoms with E-state index in [4.69, 9.17) is 4.74 Å². The van der Waals surface area contributed by atoms with Crippen molar-refractivity contribution in [2.24, 2.45) is 0 Å². The molecule has 1 saturated heterocycles. The zero-order valence-corrected chi connectivity index (χ0v) is 21.2. The lowest BCUT2D eigenvalue weighted by molar-refractivity contribution is -0.140. The van der Waals surface area contributed by atoms with Gasteiger partial charge in [-0.25, -0.2) is 4.39 Å². The van der Waals surface area contributed by atoms with E-state index in [-0.39, 0.29) is 29.1 Å². The van der Waals surface area contributed by atoms with Crippen LogP contribution in [0, 0.1) is 12.7 Å². The van der Waals surface area contributed by atoms with Gasteiger partial charge in [-0.15, -0.1) is 11.3 Å². The summed E-state index contributed by atoms with van der Waals surface area (Å²) in [4.78, 5) is 28.8. The van der Waals surface area contributed by atoms with Crippen LogP contribution < -0.4 is 4.74 Å². The minimum atomic E-state index is -0.750. The van der Waals surface area contributed by atoms with Crippen LogP contribution in [0.5, 0.6) is 5.75 Å². The van der Waals surface area contributed by atoms with E-state index in [1.165, 1.54) is 28.4 Å². The zero-order valence-electron chi connectivity index (χ0n) is 20.4. The highest BCUT2D eigenvalue weighted by molar-refractivity contribution is 7.10. The second kappa shape index (κ2) is 9.30. The van der Waals surface area contributed by atoms with Crippen LogP contribution in [0.3, 0.4) is 0 Å². The van der Waals surface area contributed by atoms with E-state index in [0.29, 0.717) is 16.9 Å². The van der Waals surface area contributed by atoms with E-state index in [1.54, 1.807) is 37.4 Å². The summed E-state index contributed by atoms with van der Waals surface area (Å²) in [5.74, 6) is -1.36. The van der Waals surface area contributed by atoms with Gasteiger partial charge in [-0.3, -0.25) is 9.59 Å². The number of likely N-dealkylation sites (tertiary alicyclic amines) is 1. The molecule has 2 aromatic carbocycles. The van der Waals surface area contributed by atoms with Crippen molar-refractivity contribution in [3.63, 3.8) is 0 Å². The second-order valence-corrected chi connectivity index (χ2v) is 10.6. The van der Waals surface area contributed by atoms with Crippen molar-refractivity contribution in [2.75, 3.05) is 7.11 Å². The lowest BCUT2D eigenvalue weighted by Crippen LogP contribution is -2.29. The number of amides is 1. The number of carbonyl (C=O) groups excluding carboxylic acids is 2. The Labute approximate surface area is 208 Å². The summed E-state index contributed by atoms with van der Waals surface area (Å²) < 4.78 is 18.9. The van der Waals surface area contributed by atoms with Crippen molar-refractivity contribution < 1.29 is 23.8 Å². The van der Waals surface area contributed by atoms with Gasteiger partial charge in [0.05, 0.1) is 12.7 Å². The van der Waals surface area contributed by atoms with Crippen molar-refractivity contribution in [1.82, 2.24) is 4.90 Å². The van der Waals surface area contributed by atoms with Crippen LogP contribution >= 0.6 is 11.3 Å². The molecule has 1 aromatic heterocycles. The highest BCUT2D eigenvalue weighted by Gasteiger charge is 2.47. The van der Waals surface area contributed by atoms with Gasteiger partial charge in [0.2, 0.25) is 0 Å². The number of aryl methyl sites for hydroxylation is 1. The predicted molar refractivity (Wildman–Crippen MR) is 135 cm³/mol. The van der Waals surface area contributed by atoms with Crippen LogP contribution in [0.2, 0.25) is 0 Å². The summed E-state index contributed by atoms with van der Waals surface area (Å²) in [6.45, 7) is 8.12. The largest absolute Gasteiger partial charge is 0.507 e. The Morgan fingerprint density at radius 2 is 1.80 bits per heavy atom. The third kappa shape index (κ3) is 4.60. The van der Waals surface area contributed by atoms with E-state index < -0.39 is 17.7 Å². The molecule has 1 amide bonds. The Balaban J connectivity index is 1.88. The minimum absolute atomic E-state index is 0.0488. The Kier molecular flexibility index (Phi) is 6.56. The number of hydrogen-bond acceptors (Lipinski definition) is 5. The number of benzene rings is 2. The number of hydrogen-bond donors (Lipinski definition) is 1. The highest BCUT2D eigenvalue weighted by Crippen LogP contribution is 2.44. The number of nitrogens with zero attached hydrogens (tertiary/aromatic N) is 1. The molecule has 3 aromatic rings. The number of carbonyl (C=O) groups is 2. The first-order chi connectivity index (χ1) is 16.5. The first-order valence-corrected chi connectivity index (χ1v) is 12.2. The second-order valence-electron chi connectivity index (χ2n) is 9.69. The number of aliphatic hydroxyl groups excluding tert-OH is 1. The Morgan fingerprint density at radius 1 is 1.11 bits per heavy atom. The van der Waals surface area contributed by atoms with E-state index >= 15 is 0 Å². The highest BCUT2D eigenvalue weighted by atomic mass is 32.1. The quantitative estimate of drug-likeness (QED) is 0.264. The average molecular weight is 494 g/mol. The molecule has 1 atom stereocenters. The SMILES string of the molecule is COc1ccc(/C(O)=C2/C(=O)C(=O)N(Cc3ccc(F)cc3)C2c2sccc2C)cc1C(C)(C)C. The molecule has 0 spiro atoms. The van der Waals surface area contributed by atoms with Gasteiger partial charge in [-0.1, -0.05) is 32.9 Å². The Hall–Kier alpha value is -3.45. The molecule has 182 valence electrons. The van der Waals surface area contributed by atoms with Gasteiger partial charge >= 0.3 is 0 Å².